The number of hydrogen-bond donors (Lipinski definition) is 2. The number of nitrogens with zero attached hydrogens (tertiary/aromatic N) is 1. The molecule has 0 aromatic heterocycles. The van der Waals surface area contributed by atoms with E-state index in [9.17, 15) is 9.59 Å². The molecule has 0 radical (unpaired) electrons. The first-order valence-electron chi connectivity index (χ1n) is 8.31. The molecule has 1 aliphatic rings. The third-order valence-corrected chi connectivity index (χ3v) is 5.29. The Kier molecular flexibility index (Phi) is 6.20. The molecule has 5 nitrogen and oxygen atoms in total. The van der Waals surface area contributed by atoms with E-state index < -0.39 is 0 Å². The second-order valence-electron chi connectivity index (χ2n) is 5.93. The molecular weight excluding hydrogens is 461 g/mol. The zero-order valence-electron chi connectivity index (χ0n) is 14.0. The van der Waals surface area contributed by atoms with Gasteiger partial charge >= 0.3 is 0 Å². The van der Waals surface area contributed by atoms with Gasteiger partial charge in [-0.1, -0.05) is 24.3 Å². The number of carbonyl (C=O) groups excluding carboxylic acids is 2. The summed E-state index contributed by atoms with van der Waals surface area (Å²) in [5.41, 5.74) is 1.71. The van der Waals surface area contributed by atoms with Crippen molar-refractivity contribution in [3.63, 3.8) is 0 Å². The molecule has 0 spiro atoms. The highest BCUT2D eigenvalue weighted by Gasteiger charge is 2.22. The Hall–Kier alpha value is -2.00. The first-order valence-corrected chi connectivity index (χ1v) is 9.80. The van der Waals surface area contributed by atoms with Crippen LogP contribution in [0.2, 0.25) is 0 Å². The molecule has 134 valence electrons. The number of rotatable bonds is 3. The van der Waals surface area contributed by atoms with Crippen molar-refractivity contribution in [2.24, 2.45) is 0 Å². The van der Waals surface area contributed by atoms with E-state index in [4.69, 9.17) is 12.2 Å². The fourth-order valence-corrected chi connectivity index (χ4v) is 3.67. The zero-order chi connectivity index (χ0) is 18.5. The van der Waals surface area contributed by atoms with Gasteiger partial charge in [0.1, 0.15) is 0 Å². The lowest BCUT2D eigenvalue weighted by Crippen LogP contribution is -2.35. The van der Waals surface area contributed by atoms with Crippen LogP contribution in [0.3, 0.4) is 0 Å². The fourth-order valence-electron chi connectivity index (χ4n) is 2.84. The van der Waals surface area contributed by atoms with Gasteiger partial charge in [-0.3, -0.25) is 14.9 Å². The molecule has 2 aromatic rings. The molecule has 2 amide bonds. The van der Waals surface area contributed by atoms with E-state index in [1.54, 1.807) is 24.3 Å². The van der Waals surface area contributed by atoms with Crippen LogP contribution < -0.4 is 10.6 Å². The molecule has 0 saturated carbocycles. The summed E-state index contributed by atoms with van der Waals surface area (Å²) in [6, 6.07) is 14.5. The summed E-state index contributed by atoms with van der Waals surface area (Å²) in [6.45, 7) is 1.56. The van der Waals surface area contributed by atoms with Crippen molar-refractivity contribution in [3.05, 3.63) is 63.2 Å². The van der Waals surface area contributed by atoms with Crippen LogP contribution in [0.25, 0.3) is 0 Å². The second-order valence-corrected chi connectivity index (χ2v) is 7.50. The fraction of sp³-hybridized carbons (Fsp3) is 0.211. The Morgan fingerprint density at radius 1 is 0.962 bits per heavy atom. The van der Waals surface area contributed by atoms with E-state index in [-0.39, 0.29) is 16.9 Å². The third-order valence-electron chi connectivity index (χ3n) is 4.14. The Bertz CT molecular complexity index is 850. The van der Waals surface area contributed by atoms with Crippen molar-refractivity contribution < 1.29 is 9.59 Å². The van der Waals surface area contributed by atoms with Crippen molar-refractivity contribution in [2.75, 3.05) is 18.4 Å². The van der Waals surface area contributed by atoms with Crippen molar-refractivity contribution >= 4 is 57.4 Å². The van der Waals surface area contributed by atoms with Crippen LogP contribution in [0.1, 0.15) is 33.6 Å². The number of nitrogens with one attached hydrogen (secondary N) is 2. The van der Waals surface area contributed by atoms with Crippen molar-refractivity contribution in [1.82, 2.24) is 10.2 Å². The molecule has 1 fully saturated rings. The topological polar surface area (TPSA) is 61.4 Å². The molecule has 1 heterocycles. The molecule has 0 aliphatic carbocycles. The Morgan fingerprint density at radius 3 is 2.27 bits per heavy atom. The van der Waals surface area contributed by atoms with Gasteiger partial charge in [0, 0.05) is 16.7 Å². The van der Waals surface area contributed by atoms with Crippen LogP contribution in [0.4, 0.5) is 5.69 Å². The van der Waals surface area contributed by atoms with Crippen LogP contribution in [0.15, 0.2) is 48.5 Å². The summed E-state index contributed by atoms with van der Waals surface area (Å²) in [4.78, 5) is 26.9. The van der Waals surface area contributed by atoms with Crippen LogP contribution in [0, 0.1) is 3.57 Å². The van der Waals surface area contributed by atoms with E-state index >= 15 is 0 Å². The van der Waals surface area contributed by atoms with E-state index in [2.05, 4.69) is 33.2 Å². The maximum atomic E-state index is 12.7. The molecule has 3 rings (SSSR count). The van der Waals surface area contributed by atoms with E-state index in [1.807, 2.05) is 29.2 Å². The van der Waals surface area contributed by atoms with Gasteiger partial charge in [-0.2, -0.15) is 0 Å². The highest BCUT2D eigenvalue weighted by Crippen LogP contribution is 2.20. The minimum absolute atomic E-state index is 0.0164. The molecule has 1 saturated heterocycles. The van der Waals surface area contributed by atoms with Crippen LogP contribution in [-0.4, -0.2) is 34.9 Å². The molecule has 0 unspecified atom stereocenters. The largest absolute Gasteiger partial charge is 0.339 e. The monoisotopic (exact) mass is 479 g/mol. The van der Waals surface area contributed by atoms with E-state index in [1.165, 1.54) is 0 Å². The number of hydrogen-bond acceptors (Lipinski definition) is 3. The summed E-state index contributed by atoms with van der Waals surface area (Å²) in [5, 5.41) is 5.82. The molecule has 0 bridgehead atoms. The lowest BCUT2D eigenvalue weighted by molar-refractivity contribution is 0.0793. The lowest BCUT2D eigenvalue weighted by atomic mass is 10.1. The van der Waals surface area contributed by atoms with E-state index in [0.29, 0.717) is 16.8 Å². The number of amides is 2. The summed E-state index contributed by atoms with van der Waals surface area (Å²) in [7, 11) is 0. The van der Waals surface area contributed by atoms with Gasteiger partial charge in [0.25, 0.3) is 11.8 Å². The third kappa shape index (κ3) is 4.39. The van der Waals surface area contributed by atoms with Crippen LogP contribution >= 0.6 is 34.8 Å². The number of benzene rings is 2. The van der Waals surface area contributed by atoms with Crippen LogP contribution in [-0.2, 0) is 0 Å². The number of carbonyl (C=O) groups is 2. The minimum Gasteiger partial charge on any atom is -0.339 e. The number of likely N-dealkylation sites (tertiary alicyclic amines) is 1. The Morgan fingerprint density at radius 2 is 1.58 bits per heavy atom. The summed E-state index contributed by atoms with van der Waals surface area (Å²) in [5.74, 6) is -0.298. The molecule has 0 atom stereocenters. The maximum absolute atomic E-state index is 12.7. The standard InChI is InChI=1S/C19H18IN3O2S/c20-15-9-3-1-7-13(15)17(24)22-19(26)21-16-10-4-2-8-14(16)18(25)23-11-5-6-12-23/h1-4,7-10H,5-6,11-12H2,(H2,21,22,24,26). The van der Waals surface area contributed by atoms with E-state index in [0.717, 1.165) is 29.5 Å². The maximum Gasteiger partial charge on any atom is 0.258 e. The highest BCUT2D eigenvalue weighted by atomic mass is 127. The Labute approximate surface area is 171 Å². The van der Waals surface area contributed by atoms with Gasteiger partial charge in [-0.15, -0.1) is 0 Å². The highest BCUT2D eigenvalue weighted by molar-refractivity contribution is 14.1. The summed E-state index contributed by atoms with van der Waals surface area (Å²) in [6.07, 6.45) is 2.07. The number of thiocarbonyl (C=S) groups is 1. The van der Waals surface area contributed by atoms with Crippen LogP contribution in [0.5, 0.6) is 0 Å². The zero-order valence-corrected chi connectivity index (χ0v) is 17.0. The predicted octanol–water partition coefficient (Wildman–Crippen LogP) is 3.65. The smallest absolute Gasteiger partial charge is 0.258 e. The van der Waals surface area contributed by atoms with Gasteiger partial charge < -0.3 is 10.2 Å². The van der Waals surface area contributed by atoms with Gasteiger partial charge in [0.15, 0.2) is 5.11 Å². The average molecular weight is 479 g/mol. The molecule has 7 heteroatoms. The minimum atomic E-state index is -0.282. The van der Waals surface area contributed by atoms with Gasteiger partial charge in [-0.05, 0) is 71.9 Å². The molecule has 1 aliphatic heterocycles. The summed E-state index contributed by atoms with van der Waals surface area (Å²) < 4.78 is 0.843. The summed E-state index contributed by atoms with van der Waals surface area (Å²) >= 11 is 7.37. The van der Waals surface area contributed by atoms with Gasteiger partial charge in [0.2, 0.25) is 0 Å². The van der Waals surface area contributed by atoms with Gasteiger partial charge in [-0.25, -0.2) is 0 Å². The first-order chi connectivity index (χ1) is 12.6. The second kappa shape index (κ2) is 8.59. The molecule has 26 heavy (non-hydrogen) atoms. The quantitative estimate of drug-likeness (QED) is 0.522. The average Bonchev–Trinajstić information content (AvgIpc) is 3.16. The normalized spacial score (nSPS) is 13.3. The number of para-hydroxylation sites is 1. The number of anilines is 1. The molecular formula is C19H18IN3O2S. The van der Waals surface area contributed by atoms with Crippen molar-refractivity contribution in [1.29, 1.82) is 0 Å². The Balaban J connectivity index is 1.71. The SMILES string of the molecule is O=C(NC(=S)Nc1ccccc1C(=O)N1CCCC1)c1ccccc1I. The lowest BCUT2D eigenvalue weighted by Gasteiger charge is -2.18. The van der Waals surface area contributed by atoms with Crippen molar-refractivity contribution in [2.45, 2.75) is 12.8 Å². The first kappa shape index (κ1) is 18.8. The molecule has 2 N–H and O–H groups in total. The van der Waals surface area contributed by atoms with Gasteiger partial charge in [0.05, 0.1) is 16.8 Å². The molecule has 2 aromatic carbocycles. The predicted molar refractivity (Wildman–Crippen MR) is 114 cm³/mol. The van der Waals surface area contributed by atoms with Crippen molar-refractivity contribution in [3.8, 4) is 0 Å². The number of halogens is 1.